The van der Waals surface area contributed by atoms with Crippen molar-refractivity contribution in [3.63, 3.8) is 0 Å². The van der Waals surface area contributed by atoms with Gasteiger partial charge in [0.05, 0.1) is 6.04 Å². The molecule has 1 atom stereocenters. The molecule has 0 aliphatic rings. The van der Waals surface area contributed by atoms with Crippen molar-refractivity contribution < 1.29 is 4.39 Å². The van der Waals surface area contributed by atoms with Crippen molar-refractivity contribution >= 4 is 15.9 Å². The highest BCUT2D eigenvalue weighted by Crippen LogP contribution is 2.21. The number of hydrazine groups is 1. The molecule has 0 radical (unpaired) electrons. The van der Waals surface area contributed by atoms with Crippen molar-refractivity contribution in [1.29, 1.82) is 0 Å². The highest BCUT2D eigenvalue weighted by Gasteiger charge is 2.13. The third-order valence-corrected chi connectivity index (χ3v) is 3.15. The van der Waals surface area contributed by atoms with Gasteiger partial charge < -0.3 is 0 Å². The van der Waals surface area contributed by atoms with Gasteiger partial charge in [0, 0.05) is 16.9 Å². The summed E-state index contributed by atoms with van der Waals surface area (Å²) in [5, 5.41) is 0. The first-order valence-corrected chi connectivity index (χ1v) is 6.30. The van der Waals surface area contributed by atoms with E-state index in [2.05, 4.69) is 26.3 Å². The normalized spacial score (nSPS) is 12.4. The lowest BCUT2D eigenvalue weighted by atomic mass is 10.0. The van der Waals surface area contributed by atoms with Gasteiger partial charge in [0.15, 0.2) is 0 Å². The summed E-state index contributed by atoms with van der Waals surface area (Å²) in [7, 11) is 0. The first-order chi connectivity index (χ1) is 8.70. The van der Waals surface area contributed by atoms with Crippen LogP contribution in [0.2, 0.25) is 0 Å². The van der Waals surface area contributed by atoms with Crippen LogP contribution in [0.5, 0.6) is 0 Å². The van der Waals surface area contributed by atoms with Crippen LogP contribution in [-0.2, 0) is 6.42 Å². The van der Waals surface area contributed by atoms with Crippen molar-refractivity contribution in [3.05, 3.63) is 64.1 Å². The topological polar surface area (TPSA) is 50.9 Å². The molecule has 0 saturated carbocycles. The number of pyridine rings is 1. The Balaban J connectivity index is 2.23. The molecule has 0 aliphatic heterocycles. The monoisotopic (exact) mass is 309 g/mol. The maximum atomic E-state index is 13.6. The molecule has 3 nitrogen and oxygen atoms in total. The Hall–Kier alpha value is -1.30. The quantitative estimate of drug-likeness (QED) is 0.674. The number of benzene rings is 1. The Morgan fingerprint density at radius 2 is 2.11 bits per heavy atom. The van der Waals surface area contributed by atoms with E-state index in [4.69, 9.17) is 5.84 Å². The molecule has 1 unspecified atom stereocenters. The van der Waals surface area contributed by atoms with Gasteiger partial charge in [0.2, 0.25) is 0 Å². The predicted octanol–water partition coefficient (Wildman–Crippen LogP) is 2.73. The molecule has 3 N–H and O–H groups in total. The number of nitrogens with one attached hydrogen (secondary N) is 1. The van der Waals surface area contributed by atoms with Gasteiger partial charge >= 0.3 is 0 Å². The van der Waals surface area contributed by atoms with Crippen LogP contribution in [0, 0.1) is 5.82 Å². The van der Waals surface area contributed by atoms with E-state index in [9.17, 15) is 4.39 Å². The summed E-state index contributed by atoms with van der Waals surface area (Å²) in [6, 6.07) is 8.42. The molecule has 5 heteroatoms. The molecule has 1 aromatic carbocycles. The second-order valence-corrected chi connectivity index (χ2v) is 4.87. The number of aromatic nitrogens is 1. The van der Waals surface area contributed by atoms with Crippen LogP contribution >= 0.6 is 15.9 Å². The van der Waals surface area contributed by atoms with Crippen LogP contribution in [0.25, 0.3) is 0 Å². The molecule has 0 aliphatic carbocycles. The summed E-state index contributed by atoms with van der Waals surface area (Å²) in [5.74, 6) is 5.32. The molecule has 1 heterocycles. The minimum Gasteiger partial charge on any atom is -0.271 e. The molecule has 0 fully saturated rings. The van der Waals surface area contributed by atoms with Gasteiger partial charge in [-0.25, -0.2) is 4.39 Å². The minimum absolute atomic E-state index is 0.174. The Morgan fingerprint density at radius 1 is 1.33 bits per heavy atom. The van der Waals surface area contributed by atoms with Crippen molar-refractivity contribution in [2.45, 2.75) is 12.5 Å². The number of hydrogen-bond acceptors (Lipinski definition) is 3. The zero-order valence-electron chi connectivity index (χ0n) is 9.61. The van der Waals surface area contributed by atoms with Crippen LogP contribution in [0.15, 0.2) is 47.2 Å². The van der Waals surface area contributed by atoms with Crippen molar-refractivity contribution in [1.82, 2.24) is 10.4 Å². The number of hydrogen-bond donors (Lipinski definition) is 2. The molecule has 0 amide bonds. The average molecular weight is 310 g/mol. The fourth-order valence-electron chi connectivity index (χ4n) is 1.78. The fourth-order valence-corrected chi connectivity index (χ4v) is 2.16. The van der Waals surface area contributed by atoms with E-state index in [0.717, 1.165) is 10.0 Å². The zero-order chi connectivity index (χ0) is 13.0. The van der Waals surface area contributed by atoms with Crippen LogP contribution in [0.1, 0.15) is 17.2 Å². The Kier molecular flexibility index (Phi) is 4.41. The molecule has 2 aromatic rings. The molecular weight excluding hydrogens is 297 g/mol. The molecule has 0 saturated heterocycles. The fraction of sp³-hybridized carbons (Fsp3) is 0.154. The van der Waals surface area contributed by atoms with Crippen LogP contribution in [0.3, 0.4) is 0 Å². The summed E-state index contributed by atoms with van der Waals surface area (Å²) in [6.45, 7) is 0. The lowest BCUT2D eigenvalue weighted by Gasteiger charge is -2.16. The molecule has 18 heavy (non-hydrogen) atoms. The summed E-state index contributed by atoms with van der Waals surface area (Å²) >= 11 is 3.35. The lowest BCUT2D eigenvalue weighted by Crippen LogP contribution is -2.29. The molecule has 0 bridgehead atoms. The average Bonchev–Trinajstić information content (AvgIpc) is 2.38. The first-order valence-electron chi connectivity index (χ1n) is 5.50. The van der Waals surface area contributed by atoms with Gasteiger partial charge in [-0.2, -0.15) is 0 Å². The van der Waals surface area contributed by atoms with E-state index < -0.39 is 0 Å². The van der Waals surface area contributed by atoms with Gasteiger partial charge in [-0.05, 0) is 45.6 Å². The number of rotatable bonds is 4. The van der Waals surface area contributed by atoms with E-state index >= 15 is 0 Å². The van der Waals surface area contributed by atoms with Crippen molar-refractivity contribution in [2.75, 3.05) is 0 Å². The van der Waals surface area contributed by atoms with E-state index in [-0.39, 0.29) is 11.9 Å². The highest BCUT2D eigenvalue weighted by atomic mass is 79.9. The maximum Gasteiger partial charge on any atom is 0.126 e. The van der Waals surface area contributed by atoms with Gasteiger partial charge in [-0.15, -0.1) is 0 Å². The SMILES string of the molecule is NNC(Cc1ccccc1F)c1cncc(Br)c1. The molecular formula is C13H13BrFN3. The minimum atomic E-state index is -0.222. The molecule has 0 spiro atoms. The van der Waals surface area contributed by atoms with Crippen molar-refractivity contribution in [3.8, 4) is 0 Å². The third kappa shape index (κ3) is 3.13. The van der Waals surface area contributed by atoms with Gasteiger partial charge in [0.25, 0.3) is 0 Å². The van der Waals surface area contributed by atoms with Gasteiger partial charge in [-0.1, -0.05) is 18.2 Å². The second kappa shape index (κ2) is 6.04. The van der Waals surface area contributed by atoms with Crippen LogP contribution < -0.4 is 11.3 Å². The van der Waals surface area contributed by atoms with Gasteiger partial charge in [-0.3, -0.25) is 16.3 Å². The summed E-state index contributed by atoms with van der Waals surface area (Å²) in [6.07, 6.45) is 3.89. The van der Waals surface area contributed by atoms with Gasteiger partial charge in [0.1, 0.15) is 5.82 Å². The van der Waals surface area contributed by atoms with E-state index in [1.54, 1.807) is 24.5 Å². The van der Waals surface area contributed by atoms with Crippen LogP contribution in [0.4, 0.5) is 4.39 Å². The van der Waals surface area contributed by atoms with E-state index in [0.29, 0.717) is 12.0 Å². The van der Waals surface area contributed by atoms with E-state index in [1.165, 1.54) is 6.07 Å². The number of halogens is 2. The summed E-state index contributed by atoms with van der Waals surface area (Å²) < 4.78 is 14.5. The lowest BCUT2D eigenvalue weighted by molar-refractivity contribution is 0.527. The van der Waals surface area contributed by atoms with E-state index in [1.807, 2.05) is 12.1 Å². The molecule has 94 valence electrons. The Bertz CT molecular complexity index is 533. The first kappa shape index (κ1) is 13.1. The zero-order valence-corrected chi connectivity index (χ0v) is 11.2. The molecule has 2 rings (SSSR count). The highest BCUT2D eigenvalue weighted by molar-refractivity contribution is 9.10. The summed E-state index contributed by atoms with van der Waals surface area (Å²) in [4.78, 5) is 4.08. The van der Waals surface area contributed by atoms with Crippen molar-refractivity contribution in [2.24, 2.45) is 5.84 Å². The van der Waals surface area contributed by atoms with Crippen LogP contribution in [-0.4, -0.2) is 4.98 Å². The second-order valence-electron chi connectivity index (χ2n) is 3.95. The maximum absolute atomic E-state index is 13.6. The third-order valence-electron chi connectivity index (χ3n) is 2.71. The largest absolute Gasteiger partial charge is 0.271 e. The smallest absolute Gasteiger partial charge is 0.126 e. The number of nitrogens with zero attached hydrogens (tertiary/aromatic N) is 1. The Labute approximate surface area is 113 Å². The standard InChI is InChI=1S/C13H13BrFN3/c14-11-5-10(7-17-8-11)13(18-16)6-9-3-1-2-4-12(9)15/h1-5,7-8,13,18H,6,16H2. The number of nitrogens with two attached hydrogens (primary N) is 1. The summed E-state index contributed by atoms with van der Waals surface area (Å²) in [5.41, 5.74) is 4.23. The molecule has 1 aromatic heterocycles. The Morgan fingerprint density at radius 3 is 2.78 bits per heavy atom. The predicted molar refractivity (Wildman–Crippen MR) is 72.1 cm³/mol.